The summed E-state index contributed by atoms with van der Waals surface area (Å²) in [5, 5.41) is 54.0. The number of aliphatic hydroxyl groups is 5. The number of hydrogen-bond acceptors (Lipinski definition) is 10. The van der Waals surface area contributed by atoms with Crippen molar-refractivity contribution in [3.63, 3.8) is 0 Å². The first kappa shape index (κ1) is 57.9. The van der Waals surface area contributed by atoms with E-state index in [2.05, 4.69) is 30.5 Å². The highest BCUT2D eigenvalue weighted by atomic mass is 16.7. The molecule has 1 aliphatic heterocycles. The second-order valence-electron chi connectivity index (χ2n) is 17.5. The zero-order valence-corrected chi connectivity index (χ0v) is 39.3. The van der Waals surface area contributed by atoms with Gasteiger partial charge in [-0.1, -0.05) is 185 Å². The van der Waals surface area contributed by atoms with Crippen LogP contribution in [0.4, 0.5) is 0 Å². The summed E-state index contributed by atoms with van der Waals surface area (Å²) in [6.07, 6.45) is 38.2. The number of esters is 1. The Bertz CT molecular complexity index is 1130. The lowest BCUT2D eigenvalue weighted by Crippen LogP contribution is -2.60. The van der Waals surface area contributed by atoms with Gasteiger partial charge in [0.25, 0.3) is 0 Å². The average Bonchev–Trinajstić information content (AvgIpc) is 3.27. The van der Waals surface area contributed by atoms with E-state index in [0.29, 0.717) is 25.9 Å². The molecule has 0 aromatic rings. The van der Waals surface area contributed by atoms with E-state index in [1.54, 1.807) is 6.08 Å². The van der Waals surface area contributed by atoms with Crippen LogP contribution in [-0.4, -0.2) is 100 Å². The van der Waals surface area contributed by atoms with Gasteiger partial charge in [-0.2, -0.15) is 0 Å². The van der Waals surface area contributed by atoms with Crippen LogP contribution >= 0.6 is 0 Å². The number of amides is 1. The van der Waals surface area contributed by atoms with Gasteiger partial charge in [-0.25, -0.2) is 0 Å². The number of hydrogen-bond donors (Lipinski definition) is 6. The van der Waals surface area contributed by atoms with Gasteiger partial charge in [0.1, 0.15) is 24.4 Å². The van der Waals surface area contributed by atoms with Gasteiger partial charge >= 0.3 is 5.97 Å². The predicted octanol–water partition coefficient (Wildman–Crippen LogP) is 9.99. The van der Waals surface area contributed by atoms with Crippen LogP contribution in [0.15, 0.2) is 36.5 Å². The number of carbonyl (C=O) groups is 2. The van der Waals surface area contributed by atoms with Gasteiger partial charge in [-0.3, -0.25) is 9.59 Å². The van der Waals surface area contributed by atoms with Crippen LogP contribution in [0.25, 0.3) is 0 Å². The molecule has 0 aromatic heterocycles. The summed E-state index contributed by atoms with van der Waals surface area (Å²) in [7, 11) is 0. The Kier molecular flexibility index (Phi) is 38.8. The monoisotopic (exact) mass is 880 g/mol. The van der Waals surface area contributed by atoms with Gasteiger partial charge in [-0.15, -0.1) is 0 Å². The molecule has 1 rings (SSSR count). The third-order valence-electron chi connectivity index (χ3n) is 11.8. The largest absolute Gasteiger partial charge is 0.466 e. The van der Waals surface area contributed by atoms with Crippen LogP contribution in [0.3, 0.4) is 0 Å². The minimum absolute atomic E-state index is 0.0258. The van der Waals surface area contributed by atoms with Crippen LogP contribution in [-0.2, 0) is 23.8 Å². The standard InChI is InChI=1S/C51H93NO10/c1-3-5-7-9-11-13-18-23-27-31-35-39-47(56)60-40-36-32-28-24-20-17-15-14-16-19-22-26-30-34-38-46(55)52-43(44(54)37-33-29-25-21-12-10-8-6-4-2)42-61-51-50(59)49(58)48(57)45(41-53)62-51/h4,6,12,21,33,37,43-45,48-51,53-54,57-59H,3,5,7-11,13-20,22-32,34-36,38-42H2,1-2H3,(H,52,55)/b6-4+,21-12+,37-33+. The Hall–Kier alpha value is -2.12. The summed E-state index contributed by atoms with van der Waals surface area (Å²) in [6, 6.07) is -0.840. The van der Waals surface area contributed by atoms with Gasteiger partial charge in [0.05, 0.1) is 32.0 Å². The third-order valence-corrected chi connectivity index (χ3v) is 11.8. The molecule has 0 aromatic carbocycles. The molecular formula is C51H93NO10. The quantitative estimate of drug-likeness (QED) is 0.0197. The molecule has 1 fully saturated rings. The summed E-state index contributed by atoms with van der Waals surface area (Å²) in [5.41, 5.74) is 0. The predicted molar refractivity (Wildman–Crippen MR) is 251 cm³/mol. The van der Waals surface area contributed by atoms with Crippen LogP contribution in [0.1, 0.15) is 213 Å². The van der Waals surface area contributed by atoms with Crippen molar-refractivity contribution in [2.75, 3.05) is 19.8 Å². The first-order valence-electron chi connectivity index (χ1n) is 25.2. The zero-order chi connectivity index (χ0) is 45.3. The van der Waals surface area contributed by atoms with Crippen LogP contribution in [0, 0.1) is 0 Å². The molecule has 1 amide bonds. The van der Waals surface area contributed by atoms with Crippen molar-refractivity contribution < 1.29 is 49.3 Å². The van der Waals surface area contributed by atoms with E-state index >= 15 is 0 Å². The smallest absolute Gasteiger partial charge is 0.305 e. The minimum Gasteiger partial charge on any atom is -0.466 e. The maximum Gasteiger partial charge on any atom is 0.305 e. The number of nitrogens with one attached hydrogen (secondary N) is 1. The first-order valence-corrected chi connectivity index (χ1v) is 25.2. The number of rotatable bonds is 42. The molecule has 1 aliphatic rings. The van der Waals surface area contributed by atoms with Gasteiger partial charge in [0.15, 0.2) is 6.29 Å². The molecular weight excluding hydrogens is 787 g/mol. The summed E-state index contributed by atoms with van der Waals surface area (Å²) >= 11 is 0. The molecule has 0 bridgehead atoms. The number of carbonyl (C=O) groups excluding carboxylic acids is 2. The highest BCUT2D eigenvalue weighted by molar-refractivity contribution is 5.76. The number of unbranched alkanes of at least 4 members (excludes halogenated alkanes) is 25. The van der Waals surface area contributed by atoms with E-state index in [1.165, 1.54) is 109 Å². The molecule has 1 saturated heterocycles. The van der Waals surface area contributed by atoms with E-state index < -0.39 is 49.5 Å². The SMILES string of the molecule is C/C=C/CC/C=C/CC/C=C/C(O)C(COC1OC(CO)C(O)C(O)C1O)NC(=O)CCCCCCCCCCCCCCCCOC(=O)CCCCCCCCCCCCC. The summed E-state index contributed by atoms with van der Waals surface area (Å²) in [6.45, 7) is 4.03. The van der Waals surface area contributed by atoms with Gasteiger partial charge in [0.2, 0.25) is 5.91 Å². The van der Waals surface area contributed by atoms with E-state index in [9.17, 15) is 35.1 Å². The lowest BCUT2D eigenvalue weighted by atomic mass is 9.99. The Morgan fingerprint density at radius 2 is 1.08 bits per heavy atom. The Labute approximate surface area is 377 Å². The summed E-state index contributed by atoms with van der Waals surface area (Å²) < 4.78 is 16.6. The molecule has 0 aliphatic carbocycles. The van der Waals surface area contributed by atoms with E-state index in [1.807, 2.05) is 19.1 Å². The fourth-order valence-corrected chi connectivity index (χ4v) is 7.77. The maximum absolute atomic E-state index is 12.9. The van der Waals surface area contributed by atoms with Crippen LogP contribution in [0.2, 0.25) is 0 Å². The number of aliphatic hydroxyl groups excluding tert-OH is 5. The molecule has 0 saturated carbocycles. The van der Waals surface area contributed by atoms with Crippen molar-refractivity contribution in [2.45, 2.75) is 256 Å². The van der Waals surface area contributed by atoms with E-state index in [4.69, 9.17) is 14.2 Å². The van der Waals surface area contributed by atoms with Gasteiger partial charge in [-0.05, 0) is 51.9 Å². The van der Waals surface area contributed by atoms with Crippen molar-refractivity contribution >= 4 is 11.9 Å². The van der Waals surface area contributed by atoms with Crippen molar-refractivity contribution in [3.05, 3.63) is 36.5 Å². The van der Waals surface area contributed by atoms with Crippen LogP contribution in [0.5, 0.6) is 0 Å². The van der Waals surface area contributed by atoms with Gasteiger partial charge < -0.3 is 45.1 Å². The fourth-order valence-electron chi connectivity index (χ4n) is 7.77. The number of allylic oxidation sites excluding steroid dienone is 5. The lowest BCUT2D eigenvalue weighted by Gasteiger charge is -2.40. The minimum atomic E-state index is -1.58. The van der Waals surface area contributed by atoms with Crippen molar-refractivity contribution in [3.8, 4) is 0 Å². The second-order valence-corrected chi connectivity index (χ2v) is 17.5. The Morgan fingerprint density at radius 3 is 1.60 bits per heavy atom. The Morgan fingerprint density at radius 1 is 0.613 bits per heavy atom. The molecule has 1 heterocycles. The second kappa shape index (κ2) is 41.6. The first-order chi connectivity index (χ1) is 30.2. The highest BCUT2D eigenvalue weighted by Gasteiger charge is 2.44. The van der Waals surface area contributed by atoms with E-state index in [-0.39, 0.29) is 18.5 Å². The third kappa shape index (κ3) is 31.7. The van der Waals surface area contributed by atoms with Crippen LogP contribution < -0.4 is 5.32 Å². The summed E-state index contributed by atoms with van der Waals surface area (Å²) in [4.78, 5) is 24.9. The highest BCUT2D eigenvalue weighted by Crippen LogP contribution is 2.23. The lowest BCUT2D eigenvalue weighted by molar-refractivity contribution is -0.302. The molecule has 11 heteroatoms. The fraction of sp³-hybridized carbons (Fsp3) is 0.843. The summed E-state index contributed by atoms with van der Waals surface area (Å²) in [5.74, 6) is -0.237. The Balaban J connectivity index is 2.14. The molecule has 0 radical (unpaired) electrons. The van der Waals surface area contributed by atoms with Crippen molar-refractivity contribution in [2.24, 2.45) is 0 Å². The molecule has 0 spiro atoms. The molecule has 6 N–H and O–H groups in total. The zero-order valence-electron chi connectivity index (χ0n) is 39.3. The maximum atomic E-state index is 12.9. The van der Waals surface area contributed by atoms with Crippen molar-refractivity contribution in [1.29, 1.82) is 0 Å². The number of ether oxygens (including phenoxy) is 3. The van der Waals surface area contributed by atoms with Crippen molar-refractivity contribution in [1.82, 2.24) is 5.32 Å². The molecule has 362 valence electrons. The molecule has 7 unspecified atom stereocenters. The normalized spacial score (nSPS) is 20.4. The molecule has 11 nitrogen and oxygen atoms in total. The van der Waals surface area contributed by atoms with E-state index in [0.717, 1.165) is 70.6 Å². The average molecular weight is 880 g/mol. The molecule has 62 heavy (non-hydrogen) atoms. The molecule has 7 atom stereocenters. The topological polar surface area (TPSA) is 175 Å². The van der Waals surface area contributed by atoms with Gasteiger partial charge in [0, 0.05) is 12.8 Å².